The molecule has 0 aliphatic carbocycles. The van der Waals surface area contributed by atoms with Gasteiger partial charge >= 0.3 is 0 Å². The molecule has 4 heteroatoms. The lowest BCUT2D eigenvalue weighted by Crippen LogP contribution is -2.40. The van der Waals surface area contributed by atoms with Gasteiger partial charge in [0, 0.05) is 11.8 Å². The zero-order valence-electron chi connectivity index (χ0n) is 7.01. The van der Waals surface area contributed by atoms with Crippen molar-refractivity contribution in [2.45, 2.75) is 13.2 Å². The van der Waals surface area contributed by atoms with E-state index in [-0.39, 0.29) is 6.29 Å². The highest BCUT2D eigenvalue weighted by Gasteiger charge is 2.09. The van der Waals surface area contributed by atoms with Gasteiger partial charge in [-0.05, 0) is 14.0 Å². The largest absolute Gasteiger partial charge is 0.481 e. The molecule has 0 radical (unpaired) electrons. The maximum absolute atomic E-state index is 4.99. The summed E-state index contributed by atoms with van der Waals surface area (Å²) in [6, 6.07) is 0. The lowest BCUT2D eigenvalue weighted by atomic mass is 10.4. The molecule has 1 atom stereocenters. The molecule has 0 aromatic heterocycles. The van der Waals surface area contributed by atoms with Crippen molar-refractivity contribution in [2.75, 3.05) is 14.2 Å². The first-order chi connectivity index (χ1) is 5.26. The topological polar surface area (TPSA) is 45.7 Å². The van der Waals surface area contributed by atoms with E-state index >= 15 is 0 Å². The molecule has 2 N–H and O–H groups in total. The van der Waals surface area contributed by atoms with Crippen molar-refractivity contribution in [3.8, 4) is 0 Å². The molecule has 1 unspecified atom stereocenters. The number of aliphatic imine (C=N–C) groups is 1. The monoisotopic (exact) mass is 155 g/mol. The van der Waals surface area contributed by atoms with Gasteiger partial charge in [-0.1, -0.05) is 0 Å². The second-order valence-electron chi connectivity index (χ2n) is 2.33. The maximum atomic E-state index is 4.99. The van der Waals surface area contributed by atoms with Gasteiger partial charge in [0.2, 0.25) is 5.90 Å². The molecular formula is C7H13N3O. The molecule has 0 saturated carbocycles. The summed E-state index contributed by atoms with van der Waals surface area (Å²) in [6.07, 6.45) is 1.79. The van der Waals surface area contributed by atoms with Crippen LogP contribution in [0.2, 0.25) is 0 Å². The number of nitrogens with one attached hydrogen (secondary N) is 2. The summed E-state index contributed by atoms with van der Waals surface area (Å²) in [5, 5.41) is 6.09. The molecule has 0 aromatic carbocycles. The second kappa shape index (κ2) is 3.39. The second-order valence-corrected chi connectivity index (χ2v) is 2.33. The Hall–Kier alpha value is -1.03. The highest BCUT2D eigenvalue weighted by molar-refractivity contribution is 5.88. The Labute approximate surface area is 66.3 Å². The van der Waals surface area contributed by atoms with Crippen LogP contribution in [0.3, 0.4) is 0 Å². The van der Waals surface area contributed by atoms with Crippen molar-refractivity contribution >= 4 is 5.90 Å². The van der Waals surface area contributed by atoms with Crippen LogP contribution >= 0.6 is 0 Å². The van der Waals surface area contributed by atoms with Crippen LogP contribution in [0.5, 0.6) is 0 Å². The third kappa shape index (κ3) is 1.94. The normalized spacial score (nSPS) is 23.4. The van der Waals surface area contributed by atoms with E-state index in [1.165, 1.54) is 0 Å². The SMILES string of the molecule is CNC1N=C(OC)C=C(C)N1. The van der Waals surface area contributed by atoms with E-state index in [0.717, 1.165) is 5.70 Å². The Morgan fingerprint density at radius 3 is 3.00 bits per heavy atom. The third-order valence-electron chi connectivity index (χ3n) is 1.44. The summed E-state index contributed by atoms with van der Waals surface area (Å²) >= 11 is 0. The molecule has 4 nitrogen and oxygen atoms in total. The number of methoxy groups -OCH3 is 1. The molecule has 0 aromatic rings. The van der Waals surface area contributed by atoms with Crippen molar-refractivity contribution < 1.29 is 4.74 Å². The van der Waals surface area contributed by atoms with E-state index in [0.29, 0.717) is 5.90 Å². The van der Waals surface area contributed by atoms with Crippen molar-refractivity contribution in [1.82, 2.24) is 10.6 Å². The number of rotatable bonds is 1. The predicted molar refractivity (Wildman–Crippen MR) is 44.2 cm³/mol. The smallest absolute Gasteiger partial charge is 0.213 e. The van der Waals surface area contributed by atoms with Crippen LogP contribution < -0.4 is 10.6 Å². The van der Waals surface area contributed by atoms with Crippen LogP contribution in [0.25, 0.3) is 0 Å². The fourth-order valence-electron chi connectivity index (χ4n) is 0.888. The van der Waals surface area contributed by atoms with Gasteiger partial charge in [0.15, 0.2) is 6.29 Å². The average molecular weight is 155 g/mol. The summed E-state index contributed by atoms with van der Waals surface area (Å²) in [5.41, 5.74) is 1.05. The molecule has 0 amide bonds. The molecule has 11 heavy (non-hydrogen) atoms. The average Bonchev–Trinajstić information content (AvgIpc) is 2.03. The van der Waals surface area contributed by atoms with E-state index in [4.69, 9.17) is 4.74 Å². The highest BCUT2D eigenvalue weighted by atomic mass is 16.5. The van der Waals surface area contributed by atoms with E-state index in [9.17, 15) is 0 Å². The Balaban J connectivity index is 2.69. The summed E-state index contributed by atoms with van der Waals surface area (Å²) < 4.78 is 4.99. The predicted octanol–water partition coefficient (Wildman–Crippen LogP) is 0.0413. The number of nitrogens with zero attached hydrogens (tertiary/aromatic N) is 1. The molecular weight excluding hydrogens is 142 g/mol. The van der Waals surface area contributed by atoms with Gasteiger partial charge < -0.3 is 10.1 Å². The first kappa shape index (κ1) is 8.07. The molecule has 62 valence electrons. The Morgan fingerprint density at radius 2 is 2.45 bits per heavy atom. The van der Waals surface area contributed by atoms with Gasteiger partial charge in [0.1, 0.15) is 0 Å². The summed E-state index contributed by atoms with van der Waals surface area (Å²) in [5.74, 6) is 0.653. The molecule has 0 bridgehead atoms. The first-order valence-electron chi connectivity index (χ1n) is 3.50. The molecule has 1 rings (SSSR count). The van der Waals surface area contributed by atoms with Crippen molar-refractivity contribution in [1.29, 1.82) is 0 Å². The molecule has 1 aliphatic heterocycles. The molecule has 0 saturated heterocycles. The minimum atomic E-state index is -0.0602. The van der Waals surface area contributed by atoms with Gasteiger partial charge in [0.25, 0.3) is 0 Å². The quantitative estimate of drug-likeness (QED) is 0.562. The molecule has 1 aliphatic rings. The van der Waals surface area contributed by atoms with E-state index in [2.05, 4.69) is 15.6 Å². The Morgan fingerprint density at radius 1 is 1.73 bits per heavy atom. The fraction of sp³-hybridized carbons (Fsp3) is 0.571. The van der Waals surface area contributed by atoms with Gasteiger partial charge in [-0.15, -0.1) is 0 Å². The van der Waals surface area contributed by atoms with Crippen molar-refractivity contribution in [3.05, 3.63) is 11.8 Å². The summed E-state index contributed by atoms with van der Waals surface area (Å²) in [6.45, 7) is 1.97. The number of ether oxygens (including phenoxy) is 1. The molecule has 0 spiro atoms. The van der Waals surface area contributed by atoms with Crippen LogP contribution in [0.15, 0.2) is 16.8 Å². The Bertz CT molecular complexity index is 198. The standard InChI is InChI=1S/C7H13N3O/c1-5-4-6(11-3)10-7(8-2)9-5/h4,7-9H,1-3H3. The minimum Gasteiger partial charge on any atom is -0.481 e. The zero-order valence-corrected chi connectivity index (χ0v) is 7.01. The first-order valence-corrected chi connectivity index (χ1v) is 3.50. The summed E-state index contributed by atoms with van der Waals surface area (Å²) in [7, 11) is 3.45. The van der Waals surface area contributed by atoms with Crippen LogP contribution in [-0.4, -0.2) is 26.3 Å². The third-order valence-corrected chi connectivity index (χ3v) is 1.44. The highest BCUT2D eigenvalue weighted by Crippen LogP contribution is 2.00. The molecule has 1 heterocycles. The Kier molecular flexibility index (Phi) is 2.48. The van der Waals surface area contributed by atoms with E-state index < -0.39 is 0 Å². The van der Waals surface area contributed by atoms with Crippen molar-refractivity contribution in [3.63, 3.8) is 0 Å². The number of hydrogen-bond donors (Lipinski definition) is 2. The number of hydrogen-bond acceptors (Lipinski definition) is 4. The maximum Gasteiger partial charge on any atom is 0.213 e. The van der Waals surface area contributed by atoms with Crippen LogP contribution in [0.1, 0.15) is 6.92 Å². The van der Waals surface area contributed by atoms with Gasteiger partial charge in [-0.2, -0.15) is 0 Å². The lowest BCUT2D eigenvalue weighted by molar-refractivity contribution is 0.386. The lowest BCUT2D eigenvalue weighted by Gasteiger charge is -2.20. The van der Waals surface area contributed by atoms with Crippen molar-refractivity contribution in [2.24, 2.45) is 4.99 Å². The van der Waals surface area contributed by atoms with Crippen LogP contribution in [0.4, 0.5) is 0 Å². The van der Waals surface area contributed by atoms with Crippen LogP contribution in [-0.2, 0) is 4.74 Å². The minimum absolute atomic E-state index is 0.0602. The summed E-state index contributed by atoms with van der Waals surface area (Å²) in [4.78, 5) is 4.16. The van der Waals surface area contributed by atoms with E-state index in [1.807, 2.05) is 20.0 Å². The van der Waals surface area contributed by atoms with E-state index in [1.54, 1.807) is 7.11 Å². The molecule has 0 fully saturated rings. The fourth-order valence-corrected chi connectivity index (χ4v) is 0.888. The zero-order chi connectivity index (χ0) is 8.27. The van der Waals surface area contributed by atoms with Gasteiger partial charge in [-0.25, -0.2) is 4.99 Å². The van der Waals surface area contributed by atoms with Gasteiger partial charge in [0.05, 0.1) is 7.11 Å². The van der Waals surface area contributed by atoms with Crippen LogP contribution in [0, 0.1) is 0 Å². The van der Waals surface area contributed by atoms with Gasteiger partial charge in [-0.3, -0.25) is 5.32 Å². The number of allylic oxidation sites excluding steroid dienone is 1.